The summed E-state index contributed by atoms with van der Waals surface area (Å²) in [5, 5.41) is 5.85. The second-order valence-corrected chi connectivity index (χ2v) is 5.81. The van der Waals surface area contributed by atoms with Gasteiger partial charge in [0.1, 0.15) is 5.75 Å². The lowest BCUT2D eigenvalue weighted by Crippen LogP contribution is -2.34. The van der Waals surface area contributed by atoms with Crippen molar-refractivity contribution < 1.29 is 9.53 Å². The molecular weight excluding hydrogens is 364 g/mol. The number of rotatable bonds is 3. The van der Waals surface area contributed by atoms with Crippen LogP contribution in [-0.4, -0.2) is 18.1 Å². The molecule has 0 aliphatic carbocycles. The Bertz CT molecular complexity index is 719. The van der Waals surface area contributed by atoms with Crippen LogP contribution in [-0.2, 0) is 0 Å². The molecule has 0 spiro atoms. The van der Waals surface area contributed by atoms with Crippen LogP contribution >= 0.6 is 28.1 Å². The minimum Gasteiger partial charge on any atom is -0.496 e. The first-order valence-electron chi connectivity index (χ1n) is 6.53. The number of halogens is 1. The third-order valence-electron chi connectivity index (χ3n) is 3.01. The Labute approximate surface area is 143 Å². The van der Waals surface area contributed by atoms with Crippen molar-refractivity contribution in [1.29, 1.82) is 0 Å². The SMILES string of the molecule is COc1c(C)cccc1C(=O)NC(=S)Nc1ccccc1Br. The van der Waals surface area contributed by atoms with Crippen LogP contribution in [0, 0.1) is 6.92 Å². The van der Waals surface area contributed by atoms with Crippen LogP contribution in [0.5, 0.6) is 5.75 Å². The first kappa shape index (κ1) is 16.5. The lowest BCUT2D eigenvalue weighted by Gasteiger charge is -2.13. The Morgan fingerprint density at radius 3 is 2.59 bits per heavy atom. The summed E-state index contributed by atoms with van der Waals surface area (Å²) >= 11 is 8.59. The van der Waals surface area contributed by atoms with Crippen LogP contribution in [0.2, 0.25) is 0 Å². The van der Waals surface area contributed by atoms with Gasteiger partial charge in [0.05, 0.1) is 18.4 Å². The molecule has 0 bridgehead atoms. The summed E-state index contributed by atoms with van der Waals surface area (Å²) in [5.74, 6) is 0.230. The monoisotopic (exact) mass is 378 g/mol. The van der Waals surface area contributed by atoms with Crippen LogP contribution in [0.4, 0.5) is 5.69 Å². The Morgan fingerprint density at radius 2 is 1.91 bits per heavy atom. The smallest absolute Gasteiger partial charge is 0.261 e. The summed E-state index contributed by atoms with van der Waals surface area (Å²) in [6.45, 7) is 1.88. The number of aryl methyl sites for hydroxylation is 1. The number of ether oxygens (including phenoxy) is 1. The predicted octanol–water partition coefficient (Wildman–Crippen LogP) is 3.89. The molecule has 2 aromatic rings. The van der Waals surface area contributed by atoms with Gasteiger partial charge >= 0.3 is 0 Å². The van der Waals surface area contributed by atoms with Crippen LogP contribution in [0.3, 0.4) is 0 Å². The summed E-state index contributed by atoms with van der Waals surface area (Å²) in [6, 6.07) is 12.9. The van der Waals surface area contributed by atoms with Gasteiger partial charge in [-0.3, -0.25) is 10.1 Å². The van der Waals surface area contributed by atoms with Gasteiger partial charge in [0.15, 0.2) is 5.11 Å². The standard InChI is InChI=1S/C16H15BrN2O2S/c1-10-6-5-7-11(14(10)21-2)15(20)19-16(22)18-13-9-4-3-8-12(13)17/h3-9H,1-2H3,(H2,18,19,20,22). The average molecular weight is 379 g/mol. The molecule has 0 fully saturated rings. The second kappa shape index (κ2) is 7.38. The molecule has 0 saturated heterocycles. The van der Waals surface area contributed by atoms with Crippen molar-refractivity contribution in [3.8, 4) is 5.75 Å². The highest BCUT2D eigenvalue weighted by Crippen LogP contribution is 2.23. The van der Waals surface area contributed by atoms with Crippen LogP contribution in [0.15, 0.2) is 46.9 Å². The van der Waals surface area contributed by atoms with Gasteiger partial charge in [-0.05, 0) is 58.8 Å². The van der Waals surface area contributed by atoms with E-state index in [1.807, 2.05) is 37.3 Å². The molecule has 0 aromatic heterocycles. The van der Waals surface area contributed by atoms with E-state index in [2.05, 4.69) is 26.6 Å². The lowest BCUT2D eigenvalue weighted by atomic mass is 10.1. The largest absolute Gasteiger partial charge is 0.496 e. The van der Waals surface area contributed by atoms with Crippen LogP contribution in [0.25, 0.3) is 0 Å². The molecule has 0 unspecified atom stereocenters. The molecule has 0 heterocycles. The highest BCUT2D eigenvalue weighted by molar-refractivity contribution is 9.10. The van der Waals surface area contributed by atoms with E-state index in [0.717, 1.165) is 15.7 Å². The summed E-state index contributed by atoms with van der Waals surface area (Å²) < 4.78 is 6.15. The molecule has 0 saturated carbocycles. The van der Waals surface area contributed by atoms with Gasteiger partial charge in [0.25, 0.3) is 5.91 Å². The fourth-order valence-electron chi connectivity index (χ4n) is 1.99. The van der Waals surface area contributed by atoms with Gasteiger partial charge in [-0.1, -0.05) is 24.3 Å². The third kappa shape index (κ3) is 3.84. The number of methoxy groups -OCH3 is 1. The van der Waals surface area contributed by atoms with E-state index < -0.39 is 0 Å². The van der Waals surface area contributed by atoms with Crippen molar-refractivity contribution in [2.45, 2.75) is 6.92 Å². The van der Waals surface area contributed by atoms with Crippen molar-refractivity contribution in [2.24, 2.45) is 0 Å². The van der Waals surface area contributed by atoms with Crippen molar-refractivity contribution in [2.75, 3.05) is 12.4 Å². The molecule has 114 valence electrons. The number of carbonyl (C=O) groups is 1. The minimum atomic E-state index is -0.315. The van der Waals surface area contributed by atoms with E-state index >= 15 is 0 Å². The van der Waals surface area contributed by atoms with Crippen molar-refractivity contribution in [1.82, 2.24) is 5.32 Å². The van der Waals surface area contributed by atoms with Gasteiger partial charge < -0.3 is 10.1 Å². The lowest BCUT2D eigenvalue weighted by molar-refractivity contribution is 0.0974. The Hall–Kier alpha value is -1.92. The summed E-state index contributed by atoms with van der Waals surface area (Å²) in [6.07, 6.45) is 0. The van der Waals surface area contributed by atoms with E-state index in [4.69, 9.17) is 17.0 Å². The first-order valence-corrected chi connectivity index (χ1v) is 7.73. The van der Waals surface area contributed by atoms with Gasteiger partial charge in [0.2, 0.25) is 0 Å². The number of benzene rings is 2. The summed E-state index contributed by atoms with van der Waals surface area (Å²) in [7, 11) is 1.54. The number of hydrogen-bond acceptors (Lipinski definition) is 3. The first-order chi connectivity index (χ1) is 10.5. The maximum Gasteiger partial charge on any atom is 0.261 e. The molecule has 0 atom stereocenters. The van der Waals surface area contributed by atoms with E-state index in [-0.39, 0.29) is 11.0 Å². The zero-order chi connectivity index (χ0) is 16.1. The Kier molecular flexibility index (Phi) is 5.51. The van der Waals surface area contributed by atoms with Gasteiger partial charge in [-0.15, -0.1) is 0 Å². The van der Waals surface area contributed by atoms with Gasteiger partial charge in [0, 0.05) is 4.47 Å². The summed E-state index contributed by atoms with van der Waals surface area (Å²) in [5.41, 5.74) is 2.11. The normalized spacial score (nSPS) is 9.95. The molecule has 2 rings (SSSR count). The Morgan fingerprint density at radius 1 is 1.18 bits per heavy atom. The average Bonchev–Trinajstić information content (AvgIpc) is 2.49. The quantitative estimate of drug-likeness (QED) is 0.795. The van der Waals surface area contributed by atoms with E-state index in [9.17, 15) is 4.79 Å². The number of anilines is 1. The van der Waals surface area contributed by atoms with Crippen molar-refractivity contribution in [3.63, 3.8) is 0 Å². The van der Waals surface area contributed by atoms with Crippen LogP contribution in [0.1, 0.15) is 15.9 Å². The maximum atomic E-state index is 12.3. The number of carbonyl (C=O) groups excluding carboxylic acids is 1. The minimum absolute atomic E-state index is 0.223. The molecule has 0 aliphatic heterocycles. The molecular formula is C16H15BrN2O2S. The molecule has 4 nitrogen and oxygen atoms in total. The highest BCUT2D eigenvalue weighted by Gasteiger charge is 2.15. The number of para-hydroxylation sites is 2. The fourth-order valence-corrected chi connectivity index (χ4v) is 2.58. The topological polar surface area (TPSA) is 50.4 Å². The zero-order valence-electron chi connectivity index (χ0n) is 12.1. The number of hydrogen-bond donors (Lipinski definition) is 2. The number of nitrogens with one attached hydrogen (secondary N) is 2. The second-order valence-electron chi connectivity index (χ2n) is 4.54. The molecule has 2 N–H and O–H groups in total. The van der Waals surface area contributed by atoms with Gasteiger partial charge in [-0.25, -0.2) is 0 Å². The van der Waals surface area contributed by atoms with Crippen LogP contribution < -0.4 is 15.4 Å². The predicted molar refractivity (Wildman–Crippen MR) is 95.6 cm³/mol. The molecule has 22 heavy (non-hydrogen) atoms. The van der Waals surface area contributed by atoms with E-state index in [0.29, 0.717) is 11.3 Å². The number of amides is 1. The van der Waals surface area contributed by atoms with Crippen molar-refractivity contribution >= 4 is 44.9 Å². The molecule has 0 radical (unpaired) electrons. The molecule has 2 aromatic carbocycles. The molecule has 0 aliphatic rings. The maximum absolute atomic E-state index is 12.3. The van der Waals surface area contributed by atoms with E-state index in [1.165, 1.54) is 7.11 Å². The number of thiocarbonyl (C=S) groups is 1. The summed E-state index contributed by atoms with van der Waals surface area (Å²) in [4.78, 5) is 12.3. The highest BCUT2D eigenvalue weighted by atomic mass is 79.9. The van der Waals surface area contributed by atoms with Gasteiger partial charge in [-0.2, -0.15) is 0 Å². The van der Waals surface area contributed by atoms with E-state index in [1.54, 1.807) is 12.1 Å². The van der Waals surface area contributed by atoms with Crippen molar-refractivity contribution in [3.05, 3.63) is 58.1 Å². The molecule has 1 amide bonds. The fraction of sp³-hybridized carbons (Fsp3) is 0.125. The Balaban J connectivity index is 2.11. The third-order valence-corrected chi connectivity index (χ3v) is 3.91. The zero-order valence-corrected chi connectivity index (χ0v) is 14.5. The molecule has 6 heteroatoms.